The van der Waals surface area contributed by atoms with Crippen molar-refractivity contribution in [3.8, 4) is 11.3 Å². The fourth-order valence-electron chi connectivity index (χ4n) is 4.14. The molecule has 0 spiro atoms. The number of oxazole rings is 1. The summed E-state index contributed by atoms with van der Waals surface area (Å²) < 4.78 is 35.1. The van der Waals surface area contributed by atoms with Gasteiger partial charge in [0.25, 0.3) is 0 Å². The minimum atomic E-state index is -0.677. The van der Waals surface area contributed by atoms with E-state index in [4.69, 9.17) is 4.42 Å². The van der Waals surface area contributed by atoms with Crippen LogP contribution in [0.4, 0.5) is 8.78 Å². The summed E-state index contributed by atoms with van der Waals surface area (Å²) in [7, 11) is 2.15. The molecule has 1 fully saturated rings. The summed E-state index contributed by atoms with van der Waals surface area (Å²) in [6.07, 6.45) is 8.80. The number of aliphatic imine (C=N–C) groups is 1. The van der Waals surface area contributed by atoms with Crippen LogP contribution in [0.3, 0.4) is 0 Å². The molecule has 2 N–H and O–H groups in total. The Morgan fingerprint density at radius 1 is 1.26 bits per heavy atom. The molecule has 0 aliphatic carbocycles. The zero-order valence-electron chi connectivity index (χ0n) is 17.2. The first kappa shape index (κ1) is 19.9. The van der Waals surface area contributed by atoms with Crippen LogP contribution in [0.1, 0.15) is 18.5 Å². The summed E-state index contributed by atoms with van der Waals surface area (Å²) in [6, 6.07) is 3.47. The maximum atomic E-state index is 14.5. The van der Waals surface area contributed by atoms with E-state index in [1.807, 2.05) is 6.08 Å². The standard InChI is InChI=1S/C22H24F2N6O/c1-29-8-5-14(6-9-29)13-26-21-25-7-4-18(27-21)20-19(28-22-30(20)10-11-31-22)16-3-2-15(23)12-17(16)24/h2-4,7,10-12,14,21,26-27H,5-6,8-9,13H2,1H3. The van der Waals surface area contributed by atoms with Crippen molar-refractivity contribution in [1.82, 2.24) is 24.9 Å². The summed E-state index contributed by atoms with van der Waals surface area (Å²) in [5, 5.41) is 6.84. The number of allylic oxidation sites excluding steroid dienone is 1. The topological polar surface area (TPSA) is 70.1 Å². The lowest BCUT2D eigenvalue weighted by Gasteiger charge is -2.30. The van der Waals surface area contributed by atoms with Gasteiger partial charge < -0.3 is 14.6 Å². The van der Waals surface area contributed by atoms with Gasteiger partial charge in [0.15, 0.2) is 6.29 Å². The second-order valence-electron chi connectivity index (χ2n) is 8.07. The van der Waals surface area contributed by atoms with Gasteiger partial charge in [-0.15, -0.1) is 0 Å². The van der Waals surface area contributed by atoms with E-state index in [0.29, 0.717) is 23.1 Å². The van der Waals surface area contributed by atoms with Crippen molar-refractivity contribution < 1.29 is 13.2 Å². The van der Waals surface area contributed by atoms with E-state index in [1.165, 1.54) is 18.4 Å². The summed E-state index contributed by atoms with van der Waals surface area (Å²) in [6.45, 7) is 3.09. The molecule has 162 valence electrons. The summed E-state index contributed by atoms with van der Waals surface area (Å²) >= 11 is 0. The lowest BCUT2D eigenvalue weighted by molar-refractivity contribution is 0.212. The van der Waals surface area contributed by atoms with E-state index in [2.05, 4.69) is 32.6 Å². The monoisotopic (exact) mass is 426 g/mol. The van der Waals surface area contributed by atoms with E-state index < -0.39 is 11.6 Å². The van der Waals surface area contributed by atoms with Crippen LogP contribution in [0.15, 0.2) is 46.1 Å². The number of fused-ring (bicyclic) bond motifs is 1. The first-order chi connectivity index (χ1) is 15.1. The quantitative estimate of drug-likeness (QED) is 0.656. The number of rotatable bonds is 5. The Labute approximate surface area is 178 Å². The van der Waals surface area contributed by atoms with Gasteiger partial charge in [0.05, 0.1) is 5.70 Å². The third kappa shape index (κ3) is 3.98. The Hall–Kier alpha value is -3.04. The van der Waals surface area contributed by atoms with Crippen LogP contribution in [-0.4, -0.2) is 53.5 Å². The third-order valence-electron chi connectivity index (χ3n) is 5.91. The lowest BCUT2D eigenvalue weighted by atomic mass is 9.97. The highest BCUT2D eigenvalue weighted by atomic mass is 19.1. The van der Waals surface area contributed by atoms with E-state index >= 15 is 0 Å². The SMILES string of the molecule is CN1CCC(CNC2N=CC=C(c3c(-c4ccc(F)cc4F)nc4occn34)N2)CC1. The highest BCUT2D eigenvalue weighted by Gasteiger charge is 2.25. The first-order valence-corrected chi connectivity index (χ1v) is 10.4. The Bertz CT molecular complexity index is 1140. The number of piperidine rings is 1. The number of benzene rings is 1. The van der Waals surface area contributed by atoms with Crippen molar-refractivity contribution >= 4 is 17.8 Å². The maximum Gasteiger partial charge on any atom is 0.306 e. The van der Waals surface area contributed by atoms with Crippen LogP contribution in [0.5, 0.6) is 0 Å². The van der Waals surface area contributed by atoms with Crippen molar-refractivity contribution in [2.45, 2.75) is 19.1 Å². The molecular formula is C22H24F2N6O. The van der Waals surface area contributed by atoms with E-state index in [9.17, 15) is 8.78 Å². The summed E-state index contributed by atoms with van der Waals surface area (Å²) in [5.74, 6) is -0.369. The molecule has 0 radical (unpaired) electrons. The molecule has 1 aromatic carbocycles. The molecule has 7 nitrogen and oxygen atoms in total. The minimum absolute atomic E-state index is 0.205. The second-order valence-corrected chi connectivity index (χ2v) is 8.07. The van der Waals surface area contributed by atoms with Crippen molar-refractivity contribution in [3.63, 3.8) is 0 Å². The number of likely N-dealkylation sites (tertiary alicyclic amines) is 1. The van der Waals surface area contributed by atoms with Gasteiger partial charge >= 0.3 is 5.84 Å². The van der Waals surface area contributed by atoms with Crippen molar-refractivity contribution in [2.75, 3.05) is 26.7 Å². The highest BCUT2D eigenvalue weighted by Crippen LogP contribution is 2.31. The second kappa shape index (κ2) is 8.24. The lowest BCUT2D eigenvalue weighted by Crippen LogP contribution is -2.45. The molecule has 4 heterocycles. The van der Waals surface area contributed by atoms with Crippen molar-refractivity contribution in [1.29, 1.82) is 0 Å². The van der Waals surface area contributed by atoms with Crippen LogP contribution in [0.25, 0.3) is 22.8 Å². The average Bonchev–Trinajstić information content (AvgIpc) is 3.35. The zero-order valence-corrected chi connectivity index (χ0v) is 17.2. The Morgan fingerprint density at radius 2 is 2.10 bits per heavy atom. The number of nitrogens with zero attached hydrogens (tertiary/aromatic N) is 4. The predicted octanol–water partition coefficient (Wildman–Crippen LogP) is 3.10. The summed E-state index contributed by atoms with van der Waals surface area (Å²) in [5.41, 5.74) is 1.94. The van der Waals surface area contributed by atoms with Crippen LogP contribution in [-0.2, 0) is 0 Å². The van der Waals surface area contributed by atoms with E-state index in [-0.39, 0.29) is 11.9 Å². The van der Waals surface area contributed by atoms with Crippen molar-refractivity contribution in [3.05, 3.63) is 54.1 Å². The van der Waals surface area contributed by atoms with E-state index in [0.717, 1.165) is 44.2 Å². The molecule has 0 saturated carbocycles. The van der Waals surface area contributed by atoms with Gasteiger partial charge in [-0.05, 0) is 57.1 Å². The van der Waals surface area contributed by atoms with Crippen LogP contribution < -0.4 is 10.6 Å². The molecule has 1 saturated heterocycles. The molecule has 0 bridgehead atoms. The molecule has 1 atom stereocenters. The number of hydrogen-bond donors (Lipinski definition) is 2. The fourth-order valence-corrected chi connectivity index (χ4v) is 4.14. The number of hydrogen-bond acceptors (Lipinski definition) is 6. The van der Waals surface area contributed by atoms with Crippen LogP contribution in [0.2, 0.25) is 0 Å². The molecule has 0 amide bonds. The Kier molecular flexibility index (Phi) is 5.29. The number of nitrogens with one attached hydrogen (secondary N) is 2. The molecule has 2 aromatic heterocycles. The third-order valence-corrected chi connectivity index (χ3v) is 5.91. The normalized spacial score (nSPS) is 20.2. The molecular weight excluding hydrogens is 402 g/mol. The molecule has 2 aliphatic heterocycles. The molecule has 31 heavy (non-hydrogen) atoms. The Balaban J connectivity index is 1.39. The zero-order chi connectivity index (χ0) is 21.4. The largest absolute Gasteiger partial charge is 0.432 e. The highest BCUT2D eigenvalue weighted by molar-refractivity contribution is 5.89. The van der Waals surface area contributed by atoms with Crippen LogP contribution >= 0.6 is 0 Å². The fraction of sp³-hybridized carbons (Fsp3) is 0.364. The minimum Gasteiger partial charge on any atom is -0.432 e. The number of aromatic nitrogens is 2. The van der Waals surface area contributed by atoms with Gasteiger partial charge in [0.2, 0.25) is 0 Å². The number of imidazole rings is 1. The summed E-state index contributed by atoms with van der Waals surface area (Å²) in [4.78, 5) is 11.3. The van der Waals surface area contributed by atoms with Gasteiger partial charge in [0.1, 0.15) is 29.3 Å². The van der Waals surface area contributed by atoms with Gasteiger partial charge in [-0.25, -0.2) is 8.78 Å². The average molecular weight is 426 g/mol. The van der Waals surface area contributed by atoms with Gasteiger partial charge in [0, 0.05) is 30.6 Å². The van der Waals surface area contributed by atoms with Gasteiger partial charge in [-0.1, -0.05) is 0 Å². The molecule has 5 rings (SSSR count). The molecule has 9 heteroatoms. The Morgan fingerprint density at radius 3 is 2.90 bits per heavy atom. The van der Waals surface area contributed by atoms with E-state index in [1.54, 1.807) is 16.8 Å². The smallest absolute Gasteiger partial charge is 0.306 e. The molecule has 2 aliphatic rings. The first-order valence-electron chi connectivity index (χ1n) is 10.4. The molecule has 1 unspecified atom stereocenters. The van der Waals surface area contributed by atoms with Crippen molar-refractivity contribution in [2.24, 2.45) is 10.9 Å². The number of halogens is 2. The molecule has 3 aromatic rings. The maximum absolute atomic E-state index is 14.5. The predicted molar refractivity (Wildman–Crippen MR) is 114 cm³/mol. The van der Waals surface area contributed by atoms with Gasteiger partial charge in [-0.3, -0.25) is 14.7 Å². The van der Waals surface area contributed by atoms with Crippen LogP contribution in [0, 0.1) is 17.6 Å². The van der Waals surface area contributed by atoms with Gasteiger partial charge in [-0.2, -0.15) is 4.98 Å².